The molecule has 0 radical (unpaired) electrons. The van der Waals surface area contributed by atoms with Gasteiger partial charge < -0.3 is 10.2 Å². The van der Waals surface area contributed by atoms with Crippen LogP contribution in [0.15, 0.2) is 30.3 Å². The predicted octanol–water partition coefficient (Wildman–Crippen LogP) is 2.66. The Bertz CT molecular complexity index is 624. The number of rotatable bonds is 7. The summed E-state index contributed by atoms with van der Waals surface area (Å²) in [6, 6.07) is 10.8. The van der Waals surface area contributed by atoms with Crippen LogP contribution in [0.2, 0.25) is 0 Å². The van der Waals surface area contributed by atoms with Crippen molar-refractivity contribution >= 4 is 11.8 Å². The SMILES string of the molecule is CC(C)CCN1CC(C(=O)NC2CCN(Cc3ccccc3)CC2)CC1=O. The molecule has 1 aromatic carbocycles. The van der Waals surface area contributed by atoms with Crippen LogP contribution in [-0.4, -0.2) is 53.8 Å². The fraction of sp³-hybridized carbons (Fsp3) is 0.636. The van der Waals surface area contributed by atoms with Crippen LogP contribution in [0.3, 0.4) is 0 Å². The van der Waals surface area contributed by atoms with Crippen molar-refractivity contribution in [3.8, 4) is 0 Å². The molecule has 1 atom stereocenters. The van der Waals surface area contributed by atoms with Gasteiger partial charge in [0.15, 0.2) is 0 Å². The molecule has 5 heteroatoms. The summed E-state index contributed by atoms with van der Waals surface area (Å²) in [6.45, 7) is 8.67. The molecule has 1 N–H and O–H groups in total. The number of benzene rings is 1. The lowest BCUT2D eigenvalue weighted by molar-refractivity contribution is -0.129. The normalized spacial score (nSPS) is 21.8. The number of hydrogen-bond donors (Lipinski definition) is 1. The van der Waals surface area contributed by atoms with Crippen molar-refractivity contribution in [3.05, 3.63) is 35.9 Å². The Hall–Kier alpha value is -1.88. The van der Waals surface area contributed by atoms with Gasteiger partial charge in [-0.1, -0.05) is 44.2 Å². The van der Waals surface area contributed by atoms with Gasteiger partial charge in [0.1, 0.15) is 0 Å². The third-order valence-corrected chi connectivity index (χ3v) is 5.74. The Labute approximate surface area is 163 Å². The molecule has 1 aromatic rings. The van der Waals surface area contributed by atoms with Gasteiger partial charge in [0.25, 0.3) is 0 Å². The van der Waals surface area contributed by atoms with Gasteiger partial charge in [-0.3, -0.25) is 14.5 Å². The van der Waals surface area contributed by atoms with Crippen molar-refractivity contribution in [3.63, 3.8) is 0 Å². The molecule has 2 saturated heterocycles. The van der Waals surface area contributed by atoms with Crippen molar-refractivity contribution in [2.75, 3.05) is 26.2 Å². The van der Waals surface area contributed by atoms with Crippen molar-refractivity contribution in [1.82, 2.24) is 15.1 Å². The van der Waals surface area contributed by atoms with Gasteiger partial charge in [-0.2, -0.15) is 0 Å². The molecular formula is C22H33N3O2. The van der Waals surface area contributed by atoms with Gasteiger partial charge in [-0.25, -0.2) is 0 Å². The van der Waals surface area contributed by atoms with Crippen LogP contribution in [0.25, 0.3) is 0 Å². The van der Waals surface area contributed by atoms with Gasteiger partial charge in [0, 0.05) is 45.2 Å². The molecule has 5 nitrogen and oxygen atoms in total. The van der Waals surface area contributed by atoms with Crippen LogP contribution in [-0.2, 0) is 16.1 Å². The van der Waals surface area contributed by atoms with Gasteiger partial charge in [0.05, 0.1) is 5.92 Å². The number of carbonyl (C=O) groups is 2. The first-order chi connectivity index (χ1) is 13.0. The zero-order valence-electron chi connectivity index (χ0n) is 16.7. The zero-order valence-corrected chi connectivity index (χ0v) is 16.7. The maximum absolute atomic E-state index is 12.6. The molecule has 2 aliphatic rings. The summed E-state index contributed by atoms with van der Waals surface area (Å²) in [5, 5.41) is 3.21. The van der Waals surface area contributed by atoms with E-state index in [-0.39, 0.29) is 23.8 Å². The van der Waals surface area contributed by atoms with Crippen LogP contribution in [0.4, 0.5) is 0 Å². The first-order valence-electron chi connectivity index (χ1n) is 10.4. The lowest BCUT2D eigenvalue weighted by Gasteiger charge is -2.32. The summed E-state index contributed by atoms with van der Waals surface area (Å²) in [4.78, 5) is 29.1. The van der Waals surface area contributed by atoms with Crippen LogP contribution >= 0.6 is 0 Å². The second-order valence-electron chi connectivity index (χ2n) is 8.47. The summed E-state index contributed by atoms with van der Waals surface area (Å²) in [5.74, 6) is 0.601. The lowest BCUT2D eigenvalue weighted by Crippen LogP contribution is -2.46. The lowest BCUT2D eigenvalue weighted by atomic mass is 10.0. The molecule has 148 valence electrons. The molecule has 0 bridgehead atoms. The number of likely N-dealkylation sites (tertiary alicyclic amines) is 2. The van der Waals surface area contributed by atoms with Gasteiger partial charge in [-0.05, 0) is 30.7 Å². The second-order valence-corrected chi connectivity index (χ2v) is 8.47. The summed E-state index contributed by atoms with van der Waals surface area (Å²) in [6.07, 6.45) is 3.34. The third-order valence-electron chi connectivity index (χ3n) is 5.74. The topological polar surface area (TPSA) is 52.7 Å². The molecule has 0 spiro atoms. The number of amides is 2. The molecule has 0 saturated carbocycles. The maximum atomic E-state index is 12.6. The smallest absolute Gasteiger partial charge is 0.225 e. The monoisotopic (exact) mass is 371 g/mol. The average Bonchev–Trinajstić information content (AvgIpc) is 3.03. The van der Waals surface area contributed by atoms with E-state index in [2.05, 4.69) is 48.3 Å². The van der Waals surface area contributed by atoms with Crippen LogP contribution in [0.5, 0.6) is 0 Å². The summed E-state index contributed by atoms with van der Waals surface area (Å²) < 4.78 is 0. The predicted molar refractivity (Wildman–Crippen MR) is 107 cm³/mol. The van der Waals surface area contributed by atoms with E-state index in [0.29, 0.717) is 18.9 Å². The number of carbonyl (C=O) groups excluding carboxylic acids is 2. The zero-order chi connectivity index (χ0) is 19.2. The molecule has 2 aliphatic heterocycles. The van der Waals surface area contributed by atoms with E-state index < -0.39 is 0 Å². The molecule has 0 aliphatic carbocycles. The minimum atomic E-state index is -0.174. The van der Waals surface area contributed by atoms with E-state index in [1.54, 1.807) is 0 Å². The highest BCUT2D eigenvalue weighted by molar-refractivity contribution is 5.89. The van der Waals surface area contributed by atoms with E-state index in [1.165, 1.54) is 5.56 Å². The molecule has 0 aromatic heterocycles. The second kappa shape index (κ2) is 9.36. The molecule has 2 heterocycles. The number of piperidine rings is 1. The standard InChI is InChI=1S/C22H33N3O2/c1-17(2)8-13-25-16-19(14-21(25)26)22(27)23-20-9-11-24(12-10-20)15-18-6-4-3-5-7-18/h3-7,17,19-20H,8-16H2,1-2H3,(H,23,27). The first-order valence-corrected chi connectivity index (χ1v) is 10.4. The minimum absolute atomic E-state index is 0.0666. The largest absolute Gasteiger partial charge is 0.353 e. The molecular weight excluding hydrogens is 338 g/mol. The Balaban J connectivity index is 1.40. The van der Waals surface area contributed by atoms with Crippen LogP contribution in [0.1, 0.15) is 45.1 Å². The first kappa shape index (κ1) is 19.9. The van der Waals surface area contributed by atoms with Gasteiger partial charge >= 0.3 is 0 Å². The van der Waals surface area contributed by atoms with Crippen molar-refractivity contribution < 1.29 is 9.59 Å². The summed E-state index contributed by atoms with van der Waals surface area (Å²) in [7, 11) is 0. The van der Waals surface area contributed by atoms with E-state index in [4.69, 9.17) is 0 Å². The van der Waals surface area contributed by atoms with Crippen LogP contribution in [0, 0.1) is 11.8 Å². The molecule has 1 unspecified atom stereocenters. The number of nitrogens with zero attached hydrogens (tertiary/aromatic N) is 2. The fourth-order valence-electron chi connectivity index (χ4n) is 3.97. The molecule has 27 heavy (non-hydrogen) atoms. The maximum Gasteiger partial charge on any atom is 0.225 e. The molecule has 2 amide bonds. The average molecular weight is 372 g/mol. The van der Waals surface area contributed by atoms with E-state index in [9.17, 15) is 9.59 Å². The van der Waals surface area contributed by atoms with Crippen molar-refractivity contribution in [2.24, 2.45) is 11.8 Å². The van der Waals surface area contributed by atoms with Gasteiger partial charge in [0.2, 0.25) is 11.8 Å². The highest BCUT2D eigenvalue weighted by atomic mass is 16.2. The highest BCUT2D eigenvalue weighted by Gasteiger charge is 2.35. The molecule has 3 rings (SSSR count). The summed E-state index contributed by atoms with van der Waals surface area (Å²) in [5.41, 5.74) is 1.34. The summed E-state index contributed by atoms with van der Waals surface area (Å²) >= 11 is 0. The highest BCUT2D eigenvalue weighted by Crippen LogP contribution is 2.21. The Morgan fingerprint density at radius 1 is 1.19 bits per heavy atom. The Morgan fingerprint density at radius 2 is 1.89 bits per heavy atom. The van der Waals surface area contributed by atoms with E-state index in [1.807, 2.05) is 11.0 Å². The Morgan fingerprint density at radius 3 is 2.56 bits per heavy atom. The fourth-order valence-corrected chi connectivity index (χ4v) is 3.97. The van der Waals surface area contributed by atoms with E-state index >= 15 is 0 Å². The number of nitrogens with one attached hydrogen (secondary N) is 1. The van der Waals surface area contributed by atoms with Crippen LogP contribution < -0.4 is 5.32 Å². The Kier molecular flexibility index (Phi) is 6.89. The van der Waals surface area contributed by atoms with Gasteiger partial charge in [-0.15, -0.1) is 0 Å². The third kappa shape index (κ3) is 5.80. The molecule has 2 fully saturated rings. The quantitative estimate of drug-likeness (QED) is 0.802. The van der Waals surface area contributed by atoms with E-state index in [0.717, 1.165) is 45.4 Å². The minimum Gasteiger partial charge on any atom is -0.353 e. The van der Waals surface area contributed by atoms with Crippen molar-refractivity contribution in [2.45, 2.75) is 52.1 Å². The number of hydrogen-bond acceptors (Lipinski definition) is 3. The van der Waals surface area contributed by atoms with Crippen molar-refractivity contribution in [1.29, 1.82) is 0 Å².